The largest absolute Gasteiger partial charge is 0.496 e. The van der Waals surface area contributed by atoms with Gasteiger partial charge in [-0.3, -0.25) is 0 Å². The molecule has 1 aromatic rings. The van der Waals surface area contributed by atoms with Crippen molar-refractivity contribution in [1.82, 2.24) is 5.32 Å². The molecule has 2 rings (SSSR count). The van der Waals surface area contributed by atoms with Crippen LogP contribution in [0.5, 0.6) is 5.75 Å². The topological polar surface area (TPSA) is 30.5 Å². The second-order valence-corrected chi connectivity index (χ2v) is 5.26. The monoisotopic (exact) mass is 267 g/mol. The van der Waals surface area contributed by atoms with E-state index < -0.39 is 0 Å². The molecular formula is C15H22FNO2. The summed E-state index contributed by atoms with van der Waals surface area (Å²) in [5.41, 5.74) is 0.575. The molecular weight excluding hydrogens is 245 g/mol. The molecule has 1 saturated heterocycles. The van der Waals surface area contributed by atoms with Crippen LogP contribution in [0.3, 0.4) is 0 Å². The lowest BCUT2D eigenvalue weighted by Gasteiger charge is -2.27. The fourth-order valence-electron chi connectivity index (χ4n) is 2.41. The first kappa shape index (κ1) is 14.3. The van der Waals surface area contributed by atoms with Gasteiger partial charge >= 0.3 is 0 Å². The second-order valence-electron chi connectivity index (χ2n) is 5.26. The van der Waals surface area contributed by atoms with Gasteiger partial charge in [-0.15, -0.1) is 0 Å². The van der Waals surface area contributed by atoms with Crippen LogP contribution in [0, 0.1) is 5.82 Å². The molecule has 1 N–H and O–H groups in total. The zero-order chi connectivity index (χ0) is 13.9. The van der Waals surface area contributed by atoms with E-state index in [2.05, 4.69) is 19.2 Å². The zero-order valence-corrected chi connectivity index (χ0v) is 11.8. The van der Waals surface area contributed by atoms with Gasteiger partial charge in [-0.1, -0.05) is 13.0 Å². The Labute approximate surface area is 114 Å². The number of hydrogen-bond acceptors (Lipinski definition) is 3. The Morgan fingerprint density at radius 3 is 3.00 bits per heavy atom. The summed E-state index contributed by atoms with van der Waals surface area (Å²) in [6, 6.07) is 4.87. The minimum Gasteiger partial charge on any atom is -0.496 e. The molecule has 2 unspecified atom stereocenters. The molecule has 0 aromatic heterocycles. The van der Waals surface area contributed by atoms with Gasteiger partial charge in [-0.25, -0.2) is 4.39 Å². The van der Waals surface area contributed by atoms with E-state index in [1.54, 1.807) is 19.2 Å². The van der Waals surface area contributed by atoms with Crippen LogP contribution in [-0.4, -0.2) is 25.8 Å². The van der Waals surface area contributed by atoms with Crippen LogP contribution in [0.1, 0.15) is 38.4 Å². The fourth-order valence-corrected chi connectivity index (χ4v) is 2.41. The number of nitrogens with one attached hydrogen (secondary N) is 1. The molecule has 0 aliphatic carbocycles. The third-order valence-corrected chi connectivity index (χ3v) is 4.02. The van der Waals surface area contributed by atoms with E-state index in [-0.39, 0.29) is 17.5 Å². The second kappa shape index (κ2) is 5.88. The van der Waals surface area contributed by atoms with E-state index in [1.807, 2.05) is 0 Å². The maximum atomic E-state index is 14.0. The normalized spacial score (nSPS) is 27.9. The van der Waals surface area contributed by atoms with Gasteiger partial charge in [-0.2, -0.15) is 0 Å². The molecule has 106 valence electrons. The van der Waals surface area contributed by atoms with Crippen LogP contribution in [0.15, 0.2) is 18.2 Å². The smallest absolute Gasteiger partial charge is 0.132 e. The highest BCUT2D eigenvalue weighted by Gasteiger charge is 2.30. The SMILES string of the molecule is CCC1(C)CCOC(c2c(F)cccc2OC)CN1. The van der Waals surface area contributed by atoms with Gasteiger partial charge in [0.1, 0.15) is 17.7 Å². The third-order valence-electron chi connectivity index (χ3n) is 4.02. The highest BCUT2D eigenvalue weighted by atomic mass is 19.1. The summed E-state index contributed by atoms with van der Waals surface area (Å²) >= 11 is 0. The van der Waals surface area contributed by atoms with E-state index in [9.17, 15) is 4.39 Å². The van der Waals surface area contributed by atoms with Crippen molar-refractivity contribution in [2.75, 3.05) is 20.3 Å². The molecule has 2 atom stereocenters. The number of ether oxygens (including phenoxy) is 2. The summed E-state index contributed by atoms with van der Waals surface area (Å²) in [6.45, 7) is 5.55. The zero-order valence-electron chi connectivity index (χ0n) is 11.8. The van der Waals surface area contributed by atoms with Crippen LogP contribution in [0.4, 0.5) is 4.39 Å². The van der Waals surface area contributed by atoms with E-state index in [1.165, 1.54) is 6.07 Å². The minimum absolute atomic E-state index is 0.0627. The summed E-state index contributed by atoms with van der Waals surface area (Å²) in [6.07, 6.45) is 1.65. The average molecular weight is 267 g/mol. The van der Waals surface area contributed by atoms with Gasteiger partial charge in [-0.05, 0) is 31.9 Å². The Kier molecular flexibility index (Phi) is 4.42. The van der Waals surface area contributed by atoms with Crippen molar-refractivity contribution in [3.05, 3.63) is 29.6 Å². The van der Waals surface area contributed by atoms with Crippen molar-refractivity contribution in [2.24, 2.45) is 0 Å². The lowest BCUT2D eigenvalue weighted by molar-refractivity contribution is 0.0610. The molecule has 0 spiro atoms. The van der Waals surface area contributed by atoms with Gasteiger partial charge < -0.3 is 14.8 Å². The Hall–Kier alpha value is -1.13. The molecule has 1 fully saturated rings. The maximum Gasteiger partial charge on any atom is 0.132 e. The predicted molar refractivity (Wildman–Crippen MR) is 73.0 cm³/mol. The number of methoxy groups -OCH3 is 1. The molecule has 0 bridgehead atoms. The lowest BCUT2D eigenvalue weighted by atomic mass is 9.95. The Morgan fingerprint density at radius 2 is 2.32 bits per heavy atom. The molecule has 19 heavy (non-hydrogen) atoms. The van der Waals surface area contributed by atoms with Crippen molar-refractivity contribution < 1.29 is 13.9 Å². The maximum absolute atomic E-state index is 14.0. The van der Waals surface area contributed by atoms with Gasteiger partial charge in [0.05, 0.1) is 12.7 Å². The van der Waals surface area contributed by atoms with Gasteiger partial charge in [0.2, 0.25) is 0 Å². The molecule has 1 aliphatic rings. The van der Waals surface area contributed by atoms with Gasteiger partial charge in [0.25, 0.3) is 0 Å². The third kappa shape index (κ3) is 3.07. The van der Waals surface area contributed by atoms with E-state index >= 15 is 0 Å². The highest BCUT2D eigenvalue weighted by molar-refractivity contribution is 5.36. The molecule has 0 amide bonds. The predicted octanol–water partition coefficient (Wildman–Crippen LogP) is 3.05. The molecule has 1 heterocycles. The fraction of sp³-hybridized carbons (Fsp3) is 0.600. The minimum atomic E-state index is -0.301. The first-order valence-corrected chi connectivity index (χ1v) is 6.78. The highest BCUT2D eigenvalue weighted by Crippen LogP contribution is 2.32. The van der Waals surface area contributed by atoms with Gasteiger partial charge in [0.15, 0.2) is 0 Å². The van der Waals surface area contributed by atoms with Crippen molar-refractivity contribution in [2.45, 2.75) is 38.3 Å². The van der Waals surface area contributed by atoms with Crippen molar-refractivity contribution in [3.63, 3.8) is 0 Å². The number of hydrogen-bond donors (Lipinski definition) is 1. The summed E-state index contributed by atoms with van der Waals surface area (Å²) in [5.74, 6) is 0.276. The molecule has 1 aromatic carbocycles. The lowest BCUT2D eigenvalue weighted by Crippen LogP contribution is -2.42. The number of rotatable bonds is 3. The molecule has 1 aliphatic heterocycles. The molecule has 0 saturated carbocycles. The Morgan fingerprint density at radius 1 is 1.53 bits per heavy atom. The van der Waals surface area contributed by atoms with Crippen molar-refractivity contribution in [3.8, 4) is 5.75 Å². The van der Waals surface area contributed by atoms with E-state index in [4.69, 9.17) is 9.47 Å². The van der Waals surface area contributed by atoms with E-state index in [0.29, 0.717) is 24.5 Å². The van der Waals surface area contributed by atoms with Crippen molar-refractivity contribution in [1.29, 1.82) is 0 Å². The Balaban J connectivity index is 2.23. The molecule has 4 heteroatoms. The summed E-state index contributed by atoms with van der Waals surface area (Å²) < 4.78 is 25.1. The van der Waals surface area contributed by atoms with Crippen molar-refractivity contribution >= 4 is 0 Å². The van der Waals surface area contributed by atoms with Crippen LogP contribution < -0.4 is 10.1 Å². The van der Waals surface area contributed by atoms with Crippen LogP contribution in [0.2, 0.25) is 0 Å². The first-order chi connectivity index (χ1) is 9.09. The summed E-state index contributed by atoms with van der Waals surface area (Å²) in [4.78, 5) is 0. The molecule has 0 radical (unpaired) electrons. The number of halogens is 1. The van der Waals surface area contributed by atoms with Crippen LogP contribution in [0.25, 0.3) is 0 Å². The van der Waals surface area contributed by atoms with Crippen LogP contribution >= 0.6 is 0 Å². The Bertz CT molecular complexity index is 438. The summed E-state index contributed by atoms with van der Waals surface area (Å²) in [5, 5.41) is 3.49. The summed E-state index contributed by atoms with van der Waals surface area (Å²) in [7, 11) is 1.55. The first-order valence-electron chi connectivity index (χ1n) is 6.78. The van der Waals surface area contributed by atoms with Crippen LogP contribution in [-0.2, 0) is 4.74 Å². The average Bonchev–Trinajstić information content (AvgIpc) is 2.61. The molecule has 3 nitrogen and oxygen atoms in total. The quantitative estimate of drug-likeness (QED) is 0.913. The standard InChI is InChI=1S/C15H22FNO2/c1-4-15(2)8-9-19-13(10-17-15)14-11(16)6-5-7-12(14)18-3/h5-7,13,17H,4,8-10H2,1-3H3. The van der Waals surface area contributed by atoms with Gasteiger partial charge in [0, 0.05) is 18.7 Å². The number of benzene rings is 1. The van der Waals surface area contributed by atoms with E-state index in [0.717, 1.165) is 12.8 Å².